The second-order valence-electron chi connectivity index (χ2n) is 7.99. The Morgan fingerprint density at radius 1 is 0.536 bits per heavy atom. The Morgan fingerprint density at radius 3 is 1.68 bits per heavy atom. The molecule has 28 heavy (non-hydrogen) atoms. The zero-order valence-electron chi connectivity index (χ0n) is 16.4. The van der Waals surface area contributed by atoms with E-state index in [2.05, 4.69) is 117 Å². The van der Waals surface area contributed by atoms with Gasteiger partial charge in [-0.3, -0.25) is 0 Å². The highest BCUT2D eigenvalue weighted by Gasteiger charge is 2.48. The van der Waals surface area contributed by atoms with Crippen molar-refractivity contribution in [3.63, 3.8) is 0 Å². The summed E-state index contributed by atoms with van der Waals surface area (Å²) in [6.07, 6.45) is 0. The monoisotopic (exact) mass is 376 g/mol. The Labute approximate surface area is 168 Å². The molecule has 0 aromatic heterocycles. The maximum Gasteiger partial charge on any atom is 0.180 e. The van der Waals surface area contributed by atoms with E-state index < -0.39 is 8.07 Å². The first kappa shape index (κ1) is 17.2. The molecule has 136 valence electrons. The van der Waals surface area contributed by atoms with Gasteiger partial charge in [0.25, 0.3) is 0 Å². The van der Waals surface area contributed by atoms with Gasteiger partial charge in [0.05, 0.1) is 0 Å². The first-order valence-corrected chi connectivity index (χ1v) is 12.1. The van der Waals surface area contributed by atoms with Crippen molar-refractivity contribution >= 4 is 28.8 Å². The molecule has 0 spiro atoms. The molecule has 0 fully saturated rings. The van der Waals surface area contributed by atoms with Gasteiger partial charge in [-0.15, -0.1) is 0 Å². The topological polar surface area (TPSA) is 0 Å². The van der Waals surface area contributed by atoms with Crippen LogP contribution in [0.5, 0.6) is 0 Å². The number of hydrogen-bond donors (Lipinski definition) is 0. The molecule has 0 nitrogen and oxygen atoms in total. The number of fused-ring (bicyclic) bond motifs is 3. The van der Waals surface area contributed by atoms with E-state index in [9.17, 15) is 0 Å². The molecular formula is C27H24Si. The smallest absolute Gasteiger partial charge is 0.0623 e. The number of rotatable bonds is 3. The van der Waals surface area contributed by atoms with Crippen molar-refractivity contribution in [1.82, 2.24) is 0 Å². The average molecular weight is 377 g/mol. The Hall–Kier alpha value is -2.90. The minimum Gasteiger partial charge on any atom is -0.0623 e. The molecule has 1 heteroatoms. The van der Waals surface area contributed by atoms with Crippen LogP contribution < -0.4 is 20.7 Å². The summed E-state index contributed by atoms with van der Waals surface area (Å²) in [6, 6.07) is 38.7. The van der Waals surface area contributed by atoms with Gasteiger partial charge in [0.15, 0.2) is 8.07 Å². The minimum atomic E-state index is -2.30. The molecule has 0 amide bonds. The van der Waals surface area contributed by atoms with Gasteiger partial charge in [0.1, 0.15) is 0 Å². The van der Waals surface area contributed by atoms with E-state index in [1.807, 2.05) is 0 Å². The van der Waals surface area contributed by atoms with Crippen LogP contribution >= 0.6 is 0 Å². The van der Waals surface area contributed by atoms with Crippen molar-refractivity contribution in [2.75, 3.05) is 0 Å². The fraction of sp³-hybridized carbons (Fsp3) is 0.111. The summed E-state index contributed by atoms with van der Waals surface area (Å²) in [4.78, 5) is 0. The van der Waals surface area contributed by atoms with Crippen LogP contribution in [0.2, 0.25) is 0 Å². The quantitative estimate of drug-likeness (QED) is 0.415. The molecule has 1 aliphatic heterocycles. The zero-order chi connectivity index (χ0) is 19.1. The first-order chi connectivity index (χ1) is 13.7. The lowest BCUT2D eigenvalue weighted by molar-refractivity contribution is 0.868. The SMILES string of the molecule is CC(C)c1ccc2c(c1)[Si](c1ccccc1)(c1ccccc1)c1ccccc1-2. The van der Waals surface area contributed by atoms with E-state index in [1.165, 1.54) is 37.4 Å². The second-order valence-corrected chi connectivity index (χ2v) is 11.7. The third-order valence-electron chi connectivity index (χ3n) is 6.15. The fourth-order valence-corrected chi connectivity index (χ4v) is 10.0. The van der Waals surface area contributed by atoms with Crippen LogP contribution in [0.3, 0.4) is 0 Å². The van der Waals surface area contributed by atoms with Crippen molar-refractivity contribution in [3.05, 3.63) is 109 Å². The standard InChI is InChI=1S/C27H24Si/c1-20(2)21-17-18-25-24-15-9-10-16-26(24)28(27(25)19-21,22-11-5-3-6-12-22)23-13-7-4-8-14-23/h3-20H,1-2H3. The molecule has 0 atom stereocenters. The van der Waals surface area contributed by atoms with E-state index in [0.29, 0.717) is 5.92 Å². The van der Waals surface area contributed by atoms with Gasteiger partial charge >= 0.3 is 0 Å². The van der Waals surface area contributed by atoms with Crippen molar-refractivity contribution < 1.29 is 0 Å². The van der Waals surface area contributed by atoms with Gasteiger partial charge in [0.2, 0.25) is 0 Å². The summed E-state index contributed by atoms with van der Waals surface area (Å²) in [7, 11) is -2.30. The third kappa shape index (κ3) is 2.36. The highest BCUT2D eigenvalue weighted by molar-refractivity contribution is 7.22. The van der Waals surface area contributed by atoms with E-state index in [0.717, 1.165) is 0 Å². The van der Waals surface area contributed by atoms with Crippen LogP contribution in [-0.2, 0) is 0 Å². The molecular weight excluding hydrogens is 352 g/mol. The molecule has 0 radical (unpaired) electrons. The Morgan fingerprint density at radius 2 is 1.07 bits per heavy atom. The first-order valence-electron chi connectivity index (χ1n) is 10.1. The molecule has 0 N–H and O–H groups in total. The van der Waals surface area contributed by atoms with E-state index >= 15 is 0 Å². The number of benzene rings is 4. The van der Waals surface area contributed by atoms with E-state index in [-0.39, 0.29) is 0 Å². The summed E-state index contributed by atoms with van der Waals surface area (Å²) >= 11 is 0. The fourth-order valence-electron chi connectivity index (χ4n) is 4.82. The minimum absolute atomic E-state index is 0.521. The van der Waals surface area contributed by atoms with Crippen LogP contribution in [-0.4, -0.2) is 8.07 Å². The lowest BCUT2D eigenvalue weighted by Gasteiger charge is -2.31. The summed E-state index contributed by atoms with van der Waals surface area (Å²) in [5.41, 5.74) is 4.25. The van der Waals surface area contributed by atoms with Gasteiger partial charge in [-0.1, -0.05) is 117 Å². The molecule has 0 aliphatic carbocycles. The predicted molar refractivity (Wildman–Crippen MR) is 123 cm³/mol. The van der Waals surface area contributed by atoms with Crippen LogP contribution in [0.15, 0.2) is 103 Å². The summed E-state index contributed by atoms with van der Waals surface area (Å²) in [5, 5.41) is 5.99. The number of hydrogen-bond acceptors (Lipinski definition) is 0. The van der Waals surface area contributed by atoms with Crippen LogP contribution in [0.4, 0.5) is 0 Å². The highest BCUT2D eigenvalue weighted by Crippen LogP contribution is 2.30. The van der Waals surface area contributed by atoms with E-state index in [4.69, 9.17) is 0 Å². The lowest BCUT2D eigenvalue weighted by atomic mass is 9.99. The molecule has 0 saturated carbocycles. The van der Waals surface area contributed by atoms with Crippen LogP contribution in [0.1, 0.15) is 25.3 Å². The lowest BCUT2D eigenvalue weighted by Crippen LogP contribution is -2.72. The normalized spacial score (nSPS) is 14.0. The largest absolute Gasteiger partial charge is 0.180 e. The zero-order valence-corrected chi connectivity index (χ0v) is 17.4. The van der Waals surface area contributed by atoms with Crippen molar-refractivity contribution in [1.29, 1.82) is 0 Å². The highest BCUT2D eigenvalue weighted by atomic mass is 28.3. The maximum absolute atomic E-state index is 2.51. The van der Waals surface area contributed by atoms with Gasteiger partial charge < -0.3 is 0 Å². The molecule has 0 unspecified atom stereocenters. The summed E-state index contributed by atoms with van der Waals surface area (Å²) < 4.78 is 0. The van der Waals surface area contributed by atoms with Gasteiger partial charge in [-0.25, -0.2) is 0 Å². The molecule has 0 saturated heterocycles. The van der Waals surface area contributed by atoms with Gasteiger partial charge in [-0.2, -0.15) is 0 Å². The molecule has 0 bridgehead atoms. The van der Waals surface area contributed by atoms with Crippen LogP contribution in [0, 0.1) is 0 Å². The molecule has 4 aromatic carbocycles. The maximum atomic E-state index is 2.51. The Kier molecular flexibility index (Phi) is 4.06. The Balaban J connectivity index is 1.96. The predicted octanol–water partition coefficient (Wildman–Crippen LogP) is 4.17. The van der Waals surface area contributed by atoms with Crippen molar-refractivity contribution in [2.45, 2.75) is 19.8 Å². The molecule has 4 aromatic rings. The third-order valence-corrected chi connectivity index (χ3v) is 11.0. The van der Waals surface area contributed by atoms with Gasteiger partial charge in [0, 0.05) is 0 Å². The summed E-state index contributed by atoms with van der Waals surface area (Å²) in [5.74, 6) is 0.521. The van der Waals surface area contributed by atoms with Crippen molar-refractivity contribution in [3.8, 4) is 11.1 Å². The van der Waals surface area contributed by atoms with Crippen LogP contribution in [0.25, 0.3) is 11.1 Å². The molecule has 1 aliphatic rings. The average Bonchev–Trinajstić information content (AvgIpc) is 3.05. The van der Waals surface area contributed by atoms with E-state index in [1.54, 1.807) is 0 Å². The Bertz CT molecular complexity index is 1090. The van der Waals surface area contributed by atoms with Crippen molar-refractivity contribution in [2.24, 2.45) is 0 Å². The summed E-state index contributed by atoms with van der Waals surface area (Å²) in [6.45, 7) is 4.58. The van der Waals surface area contributed by atoms with Gasteiger partial charge in [-0.05, 0) is 43.4 Å². The molecule has 1 heterocycles. The molecule has 5 rings (SSSR count). The second kappa shape index (κ2) is 6.61.